The Kier molecular flexibility index (Phi) is 5.91. The van der Waals surface area contributed by atoms with Crippen LogP contribution < -0.4 is 10.6 Å². The van der Waals surface area contributed by atoms with E-state index in [4.69, 9.17) is 5.11 Å². The first-order valence-electron chi connectivity index (χ1n) is 5.65. The summed E-state index contributed by atoms with van der Waals surface area (Å²) < 4.78 is 13.5. The van der Waals surface area contributed by atoms with E-state index in [0.29, 0.717) is 10.9 Å². The van der Waals surface area contributed by atoms with Gasteiger partial charge < -0.3 is 15.7 Å². The number of halogens is 2. The van der Waals surface area contributed by atoms with E-state index in [1.54, 1.807) is 6.92 Å². The molecule has 2 amide bonds. The zero-order valence-corrected chi connectivity index (χ0v) is 11.8. The lowest BCUT2D eigenvalue weighted by Gasteiger charge is -2.14. The zero-order valence-electron chi connectivity index (χ0n) is 10.2. The average Bonchev–Trinajstić information content (AvgIpc) is 2.39. The summed E-state index contributed by atoms with van der Waals surface area (Å²) in [5, 5.41) is 13.6. The monoisotopic (exact) mass is 332 g/mol. The molecule has 104 valence electrons. The van der Waals surface area contributed by atoms with Crippen molar-refractivity contribution in [2.45, 2.75) is 19.4 Å². The highest BCUT2D eigenvalue weighted by molar-refractivity contribution is 9.10. The first-order valence-corrected chi connectivity index (χ1v) is 6.45. The number of aliphatic hydroxyl groups excluding tert-OH is 1. The van der Waals surface area contributed by atoms with Crippen LogP contribution in [0.3, 0.4) is 0 Å². The van der Waals surface area contributed by atoms with Gasteiger partial charge in [0.2, 0.25) is 0 Å². The number of hydrogen-bond acceptors (Lipinski definition) is 3. The molecule has 0 saturated heterocycles. The second-order valence-corrected chi connectivity index (χ2v) is 4.69. The van der Waals surface area contributed by atoms with Crippen LogP contribution >= 0.6 is 15.9 Å². The molecule has 0 aliphatic rings. The van der Waals surface area contributed by atoms with E-state index >= 15 is 0 Å². The van der Waals surface area contributed by atoms with Crippen LogP contribution in [-0.2, 0) is 9.59 Å². The first kappa shape index (κ1) is 15.6. The molecule has 1 unspecified atom stereocenters. The molecule has 0 aliphatic carbocycles. The summed E-state index contributed by atoms with van der Waals surface area (Å²) >= 11 is 3.13. The summed E-state index contributed by atoms with van der Waals surface area (Å²) in [4.78, 5) is 23.1. The molecule has 0 fully saturated rings. The van der Waals surface area contributed by atoms with Crippen LogP contribution in [0.15, 0.2) is 22.7 Å². The summed E-state index contributed by atoms with van der Waals surface area (Å²) in [7, 11) is 0. The van der Waals surface area contributed by atoms with E-state index in [9.17, 15) is 14.0 Å². The van der Waals surface area contributed by atoms with Crippen LogP contribution in [0.4, 0.5) is 10.1 Å². The fraction of sp³-hybridized carbons (Fsp3) is 0.333. The predicted octanol–water partition coefficient (Wildman–Crippen LogP) is 1.41. The van der Waals surface area contributed by atoms with E-state index in [1.807, 2.05) is 0 Å². The molecule has 0 bridgehead atoms. The third-order valence-corrected chi connectivity index (χ3v) is 3.12. The molecule has 1 rings (SSSR count). The smallest absolute Gasteiger partial charge is 0.313 e. The highest BCUT2D eigenvalue weighted by atomic mass is 79.9. The number of aliphatic hydroxyl groups is 1. The molecule has 19 heavy (non-hydrogen) atoms. The van der Waals surface area contributed by atoms with Gasteiger partial charge in [-0.3, -0.25) is 9.59 Å². The quantitative estimate of drug-likeness (QED) is 0.729. The lowest BCUT2D eigenvalue weighted by atomic mass is 10.2. The van der Waals surface area contributed by atoms with Crippen molar-refractivity contribution in [3.8, 4) is 0 Å². The van der Waals surface area contributed by atoms with Gasteiger partial charge in [-0.05, 0) is 40.5 Å². The Balaban J connectivity index is 2.69. The van der Waals surface area contributed by atoms with E-state index in [1.165, 1.54) is 12.1 Å². The van der Waals surface area contributed by atoms with Crippen molar-refractivity contribution in [3.05, 3.63) is 28.5 Å². The number of carbonyl (C=O) groups excluding carboxylic acids is 2. The van der Waals surface area contributed by atoms with Crippen LogP contribution in [0.5, 0.6) is 0 Å². The number of benzene rings is 1. The van der Waals surface area contributed by atoms with Gasteiger partial charge >= 0.3 is 11.8 Å². The van der Waals surface area contributed by atoms with Gasteiger partial charge in [-0.2, -0.15) is 0 Å². The number of anilines is 1. The van der Waals surface area contributed by atoms with Gasteiger partial charge in [0.25, 0.3) is 0 Å². The zero-order chi connectivity index (χ0) is 14.4. The lowest BCUT2D eigenvalue weighted by molar-refractivity contribution is -0.136. The van der Waals surface area contributed by atoms with Crippen LogP contribution in [0.25, 0.3) is 0 Å². The third kappa shape index (κ3) is 4.60. The van der Waals surface area contributed by atoms with Gasteiger partial charge in [0.15, 0.2) is 0 Å². The van der Waals surface area contributed by atoms with Gasteiger partial charge in [-0.15, -0.1) is 0 Å². The number of hydrogen-bond donors (Lipinski definition) is 3. The van der Waals surface area contributed by atoms with Gasteiger partial charge in [0, 0.05) is 4.47 Å². The Morgan fingerprint density at radius 3 is 2.68 bits per heavy atom. The molecule has 0 heterocycles. The van der Waals surface area contributed by atoms with Crippen LogP contribution in [0, 0.1) is 5.82 Å². The van der Waals surface area contributed by atoms with Crippen molar-refractivity contribution >= 4 is 33.4 Å². The minimum atomic E-state index is -0.918. The largest absolute Gasteiger partial charge is 0.394 e. The van der Waals surface area contributed by atoms with E-state index in [2.05, 4.69) is 26.6 Å². The molecule has 0 radical (unpaired) electrons. The Morgan fingerprint density at radius 2 is 2.11 bits per heavy atom. The fourth-order valence-corrected chi connectivity index (χ4v) is 1.65. The van der Waals surface area contributed by atoms with Crippen LogP contribution in [0.2, 0.25) is 0 Å². The van der Waals surface area contributed by atoms with Crippen molar-refractivity contribution in [1.29, 1.82) is 0 Å². The molecule has 1 aromatic carbocycles. The minimum Gasteiger partial charge on any atom is -0.394 e. The maximum Gasteiger partial charge on any atom is 0.313 e. The molecule has 7 heteroatoms. The van der Waals surface area contributed by atoms with E-state index in [-0.39, 0.29) is 12.3 Å². The number of amides is 2. The molecule has 5 nitrogen and oxygen atoms in total. The summed E-state index contributed by atoms with van der Waals surface area (Å²) in [6, 6.07) is 3.26. The molecular formula is C12H14BrFN2O3. The summed E-state index contributed by atoms with van der Waals surface area (Å²) in [6.45, 7) is 1.52. The standard InChI is InChI=1S/C12H14BrFN2O3/c1-2-8(6-17)15-11(18)12(19)16-10-5-7(14)3-4-9(10)13/h3-5,8,17H,2,6H2,1H3,(H,15,18)(H,16,19). The minimum absolute atomic E-state index is 0.164. The topological polar surface area (TPSA) is 78.4 Å². The SMILES string of the molecule is CCC(CO)NC(=O)C(=O)Nc1cc(F)ccc1Br. The van der Waals surface area contributed by atoms with Crippen LogP contribution in [0.1, 0.15) is 13.3 Å². The molecule has 1 aromatic rings. The Hall–Kier alpha value is -1.47. The molecule has 0 spiro atoms. The molecular weight excluding hydrogens is 319 g/mol. The second-order valence-electron chi connectivity index (χ2n) is 3.84. The predicted molar refractivity (Wildman–Crippen MR) is 72.0 cm³/mol. The van der Waals surface area contributed by atoms with E-state index in [0.717, 1.165) is 6.07 Å². The van der Waals surface area contributed by atoms with Crippen molar-refractivity contribution in [3.63, 3.8) is 0 Å². The van der Waals surface area contributed by atoms with Gasteiger partial charge in [-0.1, -0.05) is 6.92 Å². The second kappa shape index (κ2) is 7.20. The number of carbonyl (C=O) groups is 2. The van der Waals surface area contributed by atoms with Crippen molar-refractivity contribution in [2.24, 2.45) is 0 Å². The highest BCUT2D eigenvalue weighted by Crippen LogP contribution is 2.22. The maximum absolute atomic E-state index is 13.0. The third-order valence-electron chi connectivity index (χ3n) is 2.43. The van der Waals surface area contributed by atoms with E-state index < -0.39 is 23.7 Å². The number of nitrogens with one attached hydrogen (secondary N) is 2. The van der Waals surface area contributed by atoms with Crippen molar-refractivity contribution < 1.29 is 19.1 Å². The molecule has 1 atom stereocenters. The molecule has 0 aromatic heterocycles. The Labute approximate surface area is 118 Å². The number of rotatable bonds is 4. The summed E-state index contributed by atoms with van der Waals surface area (Å²) in [5.41, 5.74) is 0.164. The lowest BCUT2D eigenvalue weighted by Crippen LogP contribution is -2.43. The first-order chi connectivity index (χ1) is 8.97. The van der Waals surface area contributed by atoms with Gasteiger partial charge in [0.05, 0.1) is 18.3 Å². The highest BCUT2D eigenvalue weighted by Gasteiger charge is 2.18. The molecule has 0 saturated carbocycles. The molecule has 3 N–H and O–H groups in total. The maximum atomic E-state index is 13.0. The Bertz CT molecular complexity index is 478. The summed E-state index contributed by atoms with van der Waals surface area (Å²) in [5.74, 6) is -2.32. The molecule has 0 aliphatic heterocycles. The van der Waals surface area contributed by atoms with Gasteiger partial charge in [-0.25, -0.2) is 4.39 Å². The normalized spacial score (nSPS) is 11.8. The van der Waals surface area contributed by atoms with Crippen molar-refractivity contribution in [2.75, 3.05) is 11.9 Å². The summed E-state index contributed by atoms with van der Waals surface area (Å²) in [6.07, 6.45) is 0.499. The Morgan fingerprint density at radius 1 is 1.42 bits per heavy atom. The fourth-order valence-electron chi connectivity index (χ4n) is 1.30. The van der Waals surface area contributed by atoms with Crippen LogP contribution in [-0.4, -0.2) is 29.6 Å². The van der Waals surface area contributed by atoms with Gasteiger partial charge in [0.1, 0.15) is 5.82 Å². The average molecular weight is 333 g/mol. The van der Waals surface area contributed by atoms with Crippen molar-refractivity contribution in [1.82, 2.24) is 5.32 Å².